The first kappa shape index (κ1) is 22.3. The second kappa shape index (κ2) is 10.6. The van der Waals surface area contributed by atoms with Gasteiger partial charge in [0.05, 0.1) is 11.8 Å². The number of halogens is 2. The van der Waals surface area contributed by atoms with Gasteiger partial charge in [-0.1, -0.05) is 35.3 Å². The Bertz CT molecular complexity index is 1080. The minimum absolute atomic E-state index is 0.342. The molecule has 0 spiro atoms. The number of hydrazone groups is 1. The Morgan fingerprint density at radius 3 is 2.26 bits per heavy atom. The van der Waals surface area contributed by atoms with E-state index < -0.39 is 18.0 Å². The van der Waals surface area contributed by atoms with E-state index in [0.29, 0.717) is 32.7 Å². The van der Waals surface area contributed by atoms with Crippen LogP contribution in [0, 0.1) is 0 Å². The van der Waals surface area contributed by atoms with Crippen molar-refractivity contribution in [2.75, 3.05) is 0 Å². The number of esters is 1. The van der Waals surface area contributed by atoms with Crippen LogP contribution in [0.5, 0.6) is 11.5 Å². The molecule has 3 aromatic rings. The van der Waals surface area contributed by atoms with E-state index in [9.17, 15) is 9.59 Å². The summed E-state index contributed by atoms with van der Waals surface area (Å²) in [7, 11) is 0. The molecule has 1 atom stereocenters. The molecule has 1 N–H and O–H groups in total. The topological polar surface area (TPSA) is 77.0 Å². The molecule has 0 aliphatic carbocycles. The summed E-state index contributed by atoms with van der Waals surface area (Å²) in [6, 6.07) is 19.8. The van der Waals surface area contributed by atoms with Crippen LogP contribution in [0.1, 0.15) is 22.8 Å². The molecule has 3 rings (SSSR count). The Labute approximate surface area is 189 Å². The number of amides is 1. The van der Waals surface area contributed by atoms with Crippen molar-refractivity contribution >= 4 is 41.3 Å². The smallest absolute Gasteiger partial charge is 0.343 e. The van der Waals surface area contributed by atoms with E-state index in [0.717, 1.165) is 0 Å². The fraction of sp³-hybridized carbons (Fsp3) is 0.0870. The van der Waals surface area contributed by atoms with Gasteiger partial charge in [-0.15, -0.1) is 0 Å². The molecule has 0 saturated heterocycles. The number of carbonyl (C=O) groups excluding carboxylic acids is 2. The highest BCUT2D eigenvalue weighted by Gasteiger charge is 2.14. The summed E-state index contributed by atoms with van der Waals surface area (Å²) >= 11 is 11.7. The van der Waals surface area contributed by atoms with Gasteiger partial charge < -0.3 is 9.47 Å². The van der Waals surface area contributed by atoms with Gasteiger partial charge in [-0.2, -0.15) is 5.10 Å². The molecule has 0 saturated carbocycles. The van der Waals surface area contributed by atoms with E-state index in [1.807, 2.05) is 0 Å². The van der Waals surface area contributed by atoms with Gasteiger partial charge in [0, 0.05) is 10.0 Å². The fourth-order valence-electron chi connectivity index (χ4n) is 2.44. The maximum Gasteiger partial charge on any atom is 0.343 e. The first-order valence-electron chi connectivity index (χ1n) is 9.23. The summed E-state index contributed by atoms with van der Waals surface area (Å²) in [5.74, 6) is -0.0651. The maximum absolute atomic E-state index is 12.2. The highest BCUT2D eigenvalue weighted by molar-refractivity contribution is 6.30. The molecule has 0 aliphatic heterocycles. The van der Waals surface area contributed by atoms with E-state index in [2.05, 4.69) is 10.5 Å². The molecular formula is C23H18Cl2N2O4. The van der Waals surface area contributed by atoms with E-state index >= 15 is 0 Å². The van der Waals surface area contributed by atoms with Crippen LogP contribution in [0.4, 0.5) is 0 Å². The number of rotatable bonds is 7. The molecule has 0 bridgehead atoms. The molecule has 0 radical (unpaired) electrons. The quantitative estimate of drug-likeness (QED) is 0.231. The first-order chi connectivity index (χ1) is 14.9. The number of ether oxygens (including phenoxy) is 2. The van der Waals surface area contributed by atoms with Gasteiger partial charge in [-0.05, 0) is 73.2 Å². The predicted molar refractivity (Wildman–Crippen MR) is 120 cm³/mol. The monoisotopic (exact) mass is 456 g/mol. The second-order valence-corrected chi connectivity index (χ2v) is 7.29. The molecule has 0 aliphatic rings. The molecule has 8 heteroatoms. The fourth-order valence-corrected chi connectivity index (χ4v) is 2.69. The number of benzene rings is 3. The average molecular weight is 457 g/mol. The van der Waals surface area contributed by atoms with E-state index in [4.69, 9.17) is 32.7 Å². The van der Waals surface area contributed by atoms with Crippen LogP contribution in [0.15, 0.2) is 77.9 Å². The van der Waals surface area contributed by atoms with Gasteiger partial charge in [0.25, 0.3) is 5.91 Å². The van der Waals surface area contributed by atoms with Crippen molar-refractivity contribution in [1.82, 2.24) is 5.43 Å². The van der Waals surface area contributed by atoms with Crippen molar-refractivity contribution in [2.24, 2.45) is 5.10 Å². The van der Waals surface area contributed by atoms with Crippen LogP contribution in [-0.2, 0) is 4.79 Å². The van der Waals surface area contributed by atoms with Crippen molar-refractivity contribution in [3.63, 3.8) is 0 Å². The van der Waals surface area contributed by atoms with Crippen molar-refractivity contribution < 1.29 is 19.1 Å². The van der Waals surface area contributed by atoms with Crippen LogP contribution in [0.3, 0.4) is 0 Å². The van der Waals surface area contributed by atoms with Gasteiger partial charge in [0.2, 0.25) is 0 Å². The molecule has 158 valence electrons. The van der Waals surface area contributed by atoms with E-state index in [1.165, 1.54) is 6.21 Å². The number of nitrogens with zero attached hydrogens (tertiary/aromatic N) is 1. The Morgan fingerprint density at radius 1 is 0.935 bits per heavy atom. The lowest BCUT2D eigenvalue weighted by Crippen LogP contribution is -2.33. The van der Waals surface area contributed by atoms with Gasteiger partial charge in [-0.3, -0.25) is 4.79 Å². The number of hydrogen-bond donors (Lipinski definition) is 1. The Morgan fingerprint density at radius 2 is 1.58 bits per heavy atom. The van der Waals surface area contributed by atoms with Gasteiger partial charge in [0.1, 0.15) is 11.5 Å². The van der Waals surface area contributed by atoms with Gasteiger partial charge in [-0.25, -0.2) is 10.2 Å². The largest absolute Gasteiger partial charge is 0.481 e. The van der Waals surface area contributed by atoms with Crippen molar-refractivity contribution in [3.8, 4) is 11.5 Å². The third-order valence-electron chi connectivity index (χ3n) is 4.03. The van der Waals surface area contributed by atoms with Crippen LogP contribution in [-0.4, -0.2) is 24.2 Å². The lowest BCUT2D eigenvalue weighted by Gasteiger charge is -2.12. The molecule has 31 heavy (non-hydrogen) atoms. The normalized spacial score (nSPS) is 11.7. The molecule has 0 unspecified atom stereocenters. The molecule has 0 fully saturated rings. The third-order valence-corrected chi connectivity index (χ3v) is 4.54. The van der Waals surface area contributed by atoms with Crippen molar-refractivity contribution in [3.05, 3.63) is 94.0 Å². The van der Waals surface area contributed by atoms with Crippen LogP contribution >= 0.6 is 23.2 Å². The lowest BCUT2D eigenvalue weighted by molar-refractivity contribution is -0.127. The molecule has 0 aromatic heterocycles. The molecule has 1 amide bonds. The standard InChI is InChI=1S/C23H18Cl2N2O4/c1-15(30-20-11-9-19(25)10-12-20)22(28)27-26-14-16-3-2-4-21(13-16)31-23(29)17-5-7-18(24)8-6-17/h2-15H,1H3,(H,27,28)/b26-14-/t15-/m1/s1. The summed E-state index contributed by atoms with van der Waals surface area (Å²) < 4.78 is 10.9. The molecule has 3 aromatic carbocycles. The van der Waals surface area contributed by atoms with Gasteiger partial charge >= 0.3 is 5.97 Å². The lowest BCUT2D eigenvalue weighted by atomic mass is 10.2. The molecule has 0 heterocycles. The van der Waals surface area contributed by atoms with E-state index in [1.54, 1.807) is 79.7 Å². The average Bonchev–Trinajstić information content (AvgIpc) is 2.76. The van der Waals surface area contributed by atoms with Crippen molar-refractivity contribution in [1.29, 1.82) is 0 Å². The molecular weight excluding hydrogens is 439 g/mol. The summed E-state index contributed by atoms with van der Waals surface area (Å²) in [6.07, 6.45) is 0.678. The third kappa shape index (κ3) is 6.84. The first-order valence-corrected chi connectivity index (χ1v) is 9.99. The minimum atomic E-state index is -0.759. The Hall–Kier alpha value is -3.35. The van der Waals surface area contributed by atoms with Gasteiger partial charge in [0.15, 0.2) is 6.10 Å². The van der Waals surface area contributed by atoms with Crippen LogP contribution < -0.4 is 14.9 Å². The SMILES string of the molecule is C[C@@H](Oc1ccc(Cl)cc1)C(=O)N/N=C\c1cccc(OC(=O)c2ccc(Cl)cc2)c1. The summed E-state index contributed by atoms with van der Waals surface area (Å²) in [5, 5.41) is 5.04. The summed E-state index contributed by atoms with van der Waals surface area (Å²) in [5.41, 5.74) is 3.43. The van der Waals surface area contributed by atoms with Crippen LogP contribution in [0.25, 0.3) is 0 Å². The molecule has 6 nitrogen and oxygen atoms in total. The number of nitrogens with one attached hydrogen (secondary N) is 1. The highest BCUT2D eigenvalue weighted by Crippen LogP contribution is 2.17. The Balaban J connectivity index is 1.54. The van der Waals surface area contributed by atoms with Crippen LogP contribution in [0.2, 0.25) is 10.0 Å². The zero-order valence-electron chi connectivity index (χ0n) is 16.4. The minimum Gasteiger partial charge on any atom is -0.481 e. The zero-order chi connectivity index (χ0) is 22.2. The number of hydrogen-bond acceptors (Lipinski definition) is 5. The summed E-state index contributed by atoms with van der Waals surface area (Å²) in [4.78, 5) is 24.3. The Kier molecular flexibility index (Phi) is 7.65. The zero-order valence-corrected chi connectivity index (χ0v) is 17.9. The second-order valence-electron chi connectivity index (χ2n) is 6.42. The number of carbonyl (C=O) groups is 2. The highest BCUT2D eigenvalue weighted by atomic mass is 35.5. The summed E-state index contributed by atoms with van der Waals surface area (Å²) in [6.45, 7) is 1.61. The predicted octanol–water partition coefficient (Wildman–Crippen LogP) is 5.13. The maximum atomic E-state index is 12.2. The van der Waals surface area contributed by atoms with Crippen molar-refractivity contribution in [2.45, 2.75) is 13.0 Å². The van der Waals surface area contributed by atoms with E-state index in [-0.39, 0.29) is 0 Å².